The highest BCUT2D eigenvalue weighted by atomic mass is 16.5. The molecule has 69 heavy (non-hydrogen) atoms. The molecule has 5 aliphatic carbocycles. The minimum absolute atomic E-state index is 0.00667. The summed E-state index contributed by atoms with van der Waals surface area (Å²) < 4.78 is 14.8. The van der Waals surface area contributed by atoms with Gasteiger partial charge in [-0.15, -0.1) is 0 Å². The number of ether oxygens (including phenoxy) is 3. The van der Waals surface area contributed by atoms with E-state index in [4.69, 9.17) is 86.1 Å². The van der Waals surface area contributed by atoms with Crippen molar-refractivity contribution >= 4 is 0 Å². The quantitative estimate of drug-likeness (QED) is 0.0415. The highest BCUT2D eigenvalue weighted by Gasteiger charge is 2.57. The molecule has 4 atom stereocenters. The molecule has 4 bridgehead atoms. The number of aliphatic hydroxyl groups excluding tert-OH is 17. The molecule has 0 aromatic rings. The molecule has 17 N–H and O–H groups in total. The summed E-state index contributed by atoms with van der Waals surface area (Å²) in [6.07, 6.45) is 15.3. The molecule has 420 valence electrons. The van der Waals surface area contributed by atoms with Crippen LogP contribution in [0.5, 0.6) is 0 Å². The molecule has 20 nitrogen and oxygen atoms in total. The highest BCUT2D eigenvalue weighted by molar-refractivity contribution is 5.07. The van der Waals surface area contributed by atoms with Gasteiger partial charge in [0.25, 0.3) is 0 Å². The number of hydrogen-bond donors (Lipinski definition) is 17. The van der Waals surface area contributed by atoms with E-state index < -0.39 is 43.4 Å². The van der Waals surface area contributed by atoms with Gasteiger partial charge in [-0.2, -0.15) is 0 Å². The fourth-order valence-electron chi connectivity index (χ4n) is 8.86. The van der Waals surface area contributed by atoms with E-state index >= 15 is 0 Å². The van der Waals surface area contributed by atoms with Crippen LogP contribution in [0.4, 0.5) is 0 Å². The maximum absolute atomic E-state index is 9.56. The van der Waals surface area contributed by atoms with Crippen LogP contribution in [0, 0.1) is 45.3 Å². The number of rotatable bonds is 28. The minimum Gasteiger partial charge on any atom is -0.396 e. The lowest BCUT2D eigenvalue weighted by Gasteiger charge is -2.61. The van der Waals surface area contributed by atoms with Crippen molar-refractivity contribution in [2.24, 2.45) is 45.3 Å². The van der Waals surface area contributed by atoms with E-state index in [1.165, 1.54) is 38.5 Å². The molecule has 0 amide bonds. The van der Waals surface area contributed by atoms with Gasteiger partial charge < -0.3 is 101 Å². The zero-order chi connectivity index (χ0) is 53.0. The van der Waals surface area contributed by atoms with E-state index in [0.717, 1.165) is 76.4 Å². The average molecular weight is 1010 g/mol. The number of unbranched alkanes of at least 4 members (excludes halogenated alkanes) is 2. The molecule has 0 aliphatic heterocycles. The van der Waals surface area contributed by atoms with Crippen LogP contribution in [0.25, 0.3) is 0 Å². The third-order valence-electron chi connectivity index (χ3n) is 13.2. The van der Waals surface area contributed by atoms with Crippen molar-refractivity contribution in [1.82, 2.24) is 0 Å². The normalized spacial score (nSPS) is 24.2. The summed E-state index contributed by atoms with van der Waals surface area (Å²) in [6.45, 7) is 7.38. The van der Waals surface area contributed by atoms with Crippen LogP contribution in [0.1, 0.15) is 117 Å². The second-order valence-corrected chi connectivity index (χ2v) is 19.7. The first-order valence-electron chi connectivity index (χ1n) is 25.2. The summed E-state index contributed by atoms with van der Waals surface area (Å²) in [5, 5.41) is 147. The third kappa shape index (κ3) is 33.6. The molecule has 0 aromatic carbocycles. The van der Waals surface area contributed by atoms with Gasteiger partial charge in [-0.1, -0.05) is 13.3 Å². The molecule has 0 radical (unpaired) electrons. The Morgan fingerprint density at radius 2 is 0.899 bits per heavy atom. The minimum atomic E-state index is -1.11. The predicted octanol–water partition coefficient (Wildman–Crippen LogP) is -1.06. The van der Waals surface area contributed by atoms with Crippen molar-refractivity contribution in [3.8, 4) is 0 Å². The van der Waals surface area contributed by atoms with Crippen LogP contribution in [-0.4, -0.2) is 238 Å². The molecule has 20 heteroatoms. The molecule has 0 spiro atoms. The Morgan fingerprint density at radius 1 is 0.507 bits per heavy atom. The second kappa shape index (κ2) is 45.8. The average Bonchev–Trinajstić information content (AvgIpc) is 3.38. The molecular weight excluding hydrogens is 909 g/mol. The van der Waals surface area contributed by atoms with Gasteiger partial charge in [-0.25, -0.2) is 0 Å². The Hall–Kier alpha value is -0.800. The van der Waals surface area contributed by atoms with Gasteiger partial charge in [0.15, 0.2) is 0 Å². The zero-order valence-electron chi connectivity index (χ0n) is 42.7. The van der Waals surface area contributed by atoms with Crippen molar-refractivity contribution in [2.45, 2.75) is 129 Å². The molecule has 5 rings (SSSR count). The number of hydrogen-bond acceptors (Lipinski definition) is 20. The predicted molar refractivity (Wildman–Crippen MR) is 261 cm³/mol. The molecule has 5 aliphatic rings. The molecular formula is C49H104O20. The summed E-state index contributed by atoms with van der Waals surface area (Å²) in [4.78, 5) is 0. The fourth-order valence-corrected chi connectivity index (χ4v) is 8.86. The third-order valence-corrected chi connectivity index (χ3v) is 13.2. The van der Waals surface area contributed by atoms with E-state index in [-0.39, 0.29) is 69.8 Å². The molecule has 0 aromatic heterocycles. The van der Waals surface area contributed by atoms with Gasteiger partial charge in [-0.05, 0) is 138 Å². The maximum Gasteiger partial charge on any atom is 0.0779 e. The van der Waals surface area contributed by atoms with E-state index in [0.29, 0.717) is 64.5 Å². The van der Waals surface area contributed by atoms with Gasteiger partial charge in [0, 0.05) is 58.3 Å². The van der Waals surface area contributed by atoms with Gasteiger partial charge in [0.1, 0.15) is 0 Å². The van der Waals surface area contributed by atoms with Crippen molar-refractivity contribution in [3.05, 3.63) is 0 Å². The van der Waals surface area contributed by atoms with E-state index in [1.54, 1.807) is 13.8 Å². The molecule has 0 saturated heterocycles. The zero-order valence-corrected chi connectivity index (χ0v) is 42.7. The van der Waals surface area contributed by atoms with Crippen molar-refractivity contribution < 1.29 is 101 Å². The summed E-state index contributed by atoms with van der Waals surface area (Å²) in [6, 6.07) is 0. The van der Waals surface area contributed by atoms with E-state index in [2.05, 4.69) is 4.74 Å². The Kier molecular flexibility index (Phi) is 48.1. The Morgan fingerprint density at radius 3 is 1.16 bits per heavy atom. The second-order valence-electron chi connectivity index (χ2n) is 19.7. The number of aliphatic hydroxyl groups is 17. The largest absolute Gasteiger partial charge is 0.396 e. The molecule has 5 saturated carbocycles. The summed E-state index contributed by atoms with van der Waals surface area (Å²) in [5.74, 6) is 2.53. The SMILES string of the molecule is CC(O)COC(C)CO.CCC(CO)(CO)CO.OCC(CO)(CO)CO.OCC12CC3CC(C1)CC(CO)(C3)C2.OCC1CCCC(CO)C1.OCCCCOCCCCO.OCCOCCO. The summed E-state index contributed by atoms with van der Waals surface area (Å²) >= 11 is 0. The van der Waals surface area contributed by atoms with Crippen molar-refractivity contribution in [3.63, 3.8) is 0 Å². The maximum atomic E-state index is 9.56. The summed E-state index contributed by atoms with van der Waals surface area (Å²) in [5.41, 5.74) is -1.38. The van der Waals surface area contributed by atoms with Crippen LogP contribution in [-0.2, 0) is 14.2 Å². The van der Waals surface area contributed by atoms with Crippen LogP contribution in [0.3, 0.4) is 0 Å². The van der Waals surface area contributed by atoms with E-state index in [9.17, 15) is 10.2 Å². The Bertz CT molecular complexity index is 956. The Balaban J connectivity index is -0.000000746. The molecule has 5 fully saturated rings. The lowest BCUT2D eigenvalue weighted by atomic mass is 9.44. The van der Waals surface area contributed by atoms with E-state index in [1.807, 2.05) is 6.92 Å². The van der Waals surface area contributed by atoms with Gasteiger partial charge in [0.2, 0.25) is 0 Å². The van der Waals surface area contributed by atoms with Gasteiger partial charge >= 0.3 is 0 Å². The Labute approximate surface area is 413 Å². The molecule has 0 heterocycles. The first-order valence-corrected chi connectivity index (χ1v) is 25.2. The summed E-state index contributed by atoms with van der Waals surface area (Å²) in [7, 11) is 0. The first kappa shape index (κ1) is 72.4. The van der Waals surface area contributed by atoms with Crippen LogP contribution < -0.4 is 0 Å². The smallest absolute Gasteiger partial charge is 0.0779 e. The van der Waals surface area contributed by atoms with Gasteiger partial charge in [-0.3, -0.25) is 0 Å². The fraction of sp³-hybridized carbons (Fsp3) is 1.00. The first-order chi connectivity index (χ1) is 33.0. The molecule has 4 unspecified atom stereocenters. The van der Waals surface area contributed by atoms with Crippen molar-refractivity contribution in [1.29, 1.82) is 0 Å². The topological polar surface area (TPSA) is 372 Å². The van der Waals surface area contributed by atoms with Crippen molar-refractivity contribution in [2.75, 3.05) is 139 Å². The standard InChI is InChI=1S/C12H20O2.C8H18O3.C8H16O2.2C6H14O3.C5H12O4.C4H10O3/c13-7-11-2-9-1-10(4-11)5-12(3-9,6-11)8-14;9-5-1-3-7-11-8-4-2-6-10;9-5-7-2-1-3-8(4-7)6-10;1-5(8)4-9-6(2)3-7;1-2-6(3-7,4-8)5-9;6-1-5(2-7,3-8)4-9;5-1-3-7-4-2-6/h9-10,13-14H,1-8H2;9-10H,1-8H2;7-10H,1-6H2;5-8H,3-4H2,1-2H3;7-9H,2-5H2,1H3;6-9H,1-4H2;5-6H,1-4H2. The lowest BCUT2D eigenvalue weighted by Crippen LogP contribution is -2.54. The lowest BCUT2D eigenvalue weighted by molar-refractivity contribution is -0.144. The van der Waals surface area contributed by atoms with Crippen LogP contribution in [0.2, 0.25) is 0 Å². The van der Waals surface area contributed by atoms with Crippen LogP contribution in [0.15, 0.2) is 0 Å². The highest BCUT2D eigenvalue weighted by Crippen LogP contribution is 2.64. The van der Waals surface area contributed by atoms with Crippen LogP contribution >= 0.6 is 0 Å². The van der Waals surface area contributed by atoms with Gasteiger partial charge in [0.05, 0.1) is 104 Å². The monoisotopic (exact) mass is 1010 g/mol.